The SMILES string of the molecule is COC[C@H]1CN(S(=O)(=O)c2ccc(C)cc2)CC12CCOCC2. The summed E-state index contributed by atoms with van der Waals surface area (Å²) in [6.07, 6.45) is 1.81. The fourth-order valence-electron chi connectivity index (χ4n) is 3.80. The molecule has 1 aromatic carbocycles. The molecule has 1 spiro atoms. The molecule has 3 rings (SSSR count). The Balaban J connectivity index is 1.87. The molecule has 6 heteroatoms. The van der Waals surface area contributed by atoms with Crippen molar-refractivity contribution in [3.63, 3.8) is 0 Å². The van der Waals surface area contributed by atoms with Crippen LogP contribution in [0.5, 0.6) is 0 Å². The molecule has 1 aromatic rings. The summed E-state index contributed by atoms with van der Waals surface area (Å²) >= 11 is 0. The Hall–Kier alpha value is -0.950. The molecule has 0 N–H and O–H groups in total. The van der Waals surface area contributed by atoms with Crippen molar-refractivity contribution in [1.29, 1.82) is 0 Å². The number of ether oxygens (including phenoxy) is 2. The molecule has 128 valence electrons. The molecule has 2 heterocycles. The van der Waals surface area contributed by atoms with E-state index in [0.717, 1.165) is 18.4 Å². The normalized spacial score (nSPS) is 25.0. The average Bonchev–Trinajstić information content (AvgIpc) is 2.88. The van der Waals surface area contributed by atoms with Crippen LogP contribution in [0.1, 0.15) is 18.4 Å². The molecular formula is C17H25NO4S. The third kappa shape index (κ3) is 3.18. The maximum atomic E-state index is 13.0. The zero-order valence-corrected chi connectivity index (χ0v) is 14.6. The zero-order valence-electron chi connectivity index (χ0n) is 13.8. The minimum Gasteiger partial charge on any atom is -0.384 e. The average molecular weight is 339 g/mol. The Kier molecular flexibility index (Phi) is 4.78. The van der Waals surface area contributed by atoms with Crippen LogP contribution < -0.4 is 0 Å². The molecule has 2 saturated heterocycles. The highest BCUT2D eigenvalue weighted by atomic mass is 32.2. The molecule has 0 saturated carbocycles. The van der Waals surface area contributed by atoms with Crippen LogP contribution in [0.15, 0.2) is 29.2 Å². The van der Waals surface area contributed by atoms with Crippen LogP contribution in [-0.4, -0.2) is 52.7 Å². The monoisotopic (exact) mass is 339 g/mol. The molecule has 1 atom stereocenters. The van der Waals surface area contributed by atoms with E-state index >= 15 is 0 Å². The van der Waals surface area contributed by atoms with Crippen LogP contribution in [0.2, 0.25) is 0 Å². The van der Waals surface area contributed by atoms with Gasteiger partial charge in [0.25, 0.3) is 0 Å². The number of hydrogen-bond donors (Lipinski definition) is 0. The zero-order chi connectivity index (χ0) is 16.5. The molecule has 0 unspecified atom stereocenters. The lowest BCUT2D eigenvalue weighted by Crippen LogP contribution is -2.39. The van der Waals surface area contributed by atoms with E-state index < -0.39 is 10.0 Å². The van der Waals surface area contributed by atoms with Gasteiger partial charge in [-0.3, -0.25) is 0 Å². The molecule has 0 radical (unpaired) electrons. The first-order valence-electron chi connectivity index (χ1n) is 8.11. The van der Waals surface area contributed by atoms with Gasteiger partial charge >= 0.3 is 0 Å². The molecule has 23 heavy (non-hydrogen) atoms. The van der Waals surface area contributed by atoms with Gasteiger partial charge in [-0.1, -0.05) is 17.7 Å². The highest BCUT2D eigenvalue weighted by Gasteiger charge is 2.50. The molecular weight excluding hydrogens is 314 g/mol. The van der Waals surface area contributed by atoms with Crippen molar-refractivity contribution in [1.82, 2.24) is 4.31 Å². The van der Waals surface area contributed by atoms with Crippen LogP contribution in [-0.2, 0) is 19.5 Å². The summed E-state index contributed by atoms with van der Waals surface area (Å²) < 4.78 is 38.5. The molecule has 0 aromatic heterocycles. The van der Waals surface area contributed by atoms with Crippen LogP contribution >= 0.6 is 0 Å². The second-order valence-electron chi connectivity index (χ2n) is 6.74. The Morgan fingerprint density at radius 1 is 1.26 bits per heavy atom. The number of methoxy groups -OCH3 is 1. The van der Waals surface area contributed by atoms with Crippen LogP contribution in [0.25, 0.3) is 0 Å². The lowest BCUT2D eigenvalue weighted by molar-refractivity contribution is -0.0162. The van der Waals surface area contributed by atoms with E-state index in [0.29, 0.717) is 37.8 Å². The second-order valence-corrected chi connectivity index (χ2v) is 8.68. The first kappa shape index (κ1) is 16.9. The van der Waals surface area contributed by atoms with E-state index in [9.17, 15) is 8.42 Å². The minimum atomic E-state index is -3.45. The topological polar surface area (TPSA) is 55.8 Å². The van der Waals surface area contributed by atoms with Gasteiger partial charge in [-0.2, -0.15) is 4.31 Å². The van der Waals surface area contributed by atoms with Crippen LogP contribution in [0, 0.1) is 18.3 Å². The van der Waals surface area contributed by atoms with E-state index in [-0.39, 0.29) is 11.3 Å². The Morgan fingerprint density at radius 2 is 1.91 bits per heavy atom. The first-order valence-corrected chi connectivity index (χ1v) is 9.55. The van der Waals surface area contributed by atoms with Crippen molar-refractivity contribution < 1.29 is 17.9 Å². The number of hydrogen-bond acceptors (Lipinski definition) is 4. The van der Waals surface area contributed by atoms with Gasteiger partial charge in [0.05, 0.1) is 11.5 Å². The van der Waals surface area contributed by atoms with E-state index in [1.165, 1.54) is 0 Å². The lowest BCUT2D eigenvalue weighted by Gasteiger charge is -2.37. The van der Waals surface area contributed by atoms with E-state index in [2.05, 4.69) is 0 Å². The summed E-state index contributed by atoms with van der Waals surface area (Å²) in [5, 5.41) is 0. The van der Waals surface area contributed by atoms with E-state index in [1.54, 1.807) is 23.5 Å². The van der Waals surface area contributed by atoms with Crippen molar-refractivity contribution in [3.05, 3.63) is 29.8 Å². The summed E-state index contributed by atoms with van der Waals surface area (Å²) in [5.41, 5.74) is 1.05. The van der Waals surface area contributed by atoms with Crippen molar-refractivity contribution >= 4 is 10.0 Å². The van der Waals surface area contributed by atoms with E-state index in [4.69, 9.17) is 9.47 Å². The fraction of sp³-hybridized carbons (Fsp3) is 0.647. The quantitative estimate of drug-likeness (QED) is 0.842. The third-order valence-electron chi connectivity index (χ3n) is 5.30. The smallest absolute Gasteiger partial charge is 0.243 e. The van der Waals surface area contributed by atoms with Gasteiger partial charge in [0.15, 0.2) is 0 Å². The maximum absolute atomic E-state index is 13.0. The van der Waals surface area contributed by atoms with Crippen LogP contribution in [0.3, 0.4) is 0 Å². The number of benzene rings is 1. The number of aryl methyl sites for hydroxylation is 1. The highest BCUT2D eigenvalue weighted by molar-refractivity contribution is 7.89. The summed E-state index contributed by atoms with van der Waals surface area (Å²) in [5.74, 6) is 0.233. The van der Waals surface area contributed by atoms with Crippen molar-refractivity contribution in [2.24, 2.45) is 11.3 Å². The lowest BCUT2D eigenvalue weighted by atomic mass is 9.72. The van der Waals surface area contributed by atoms with Gasteiger partial charge in [-0.15, -0.1) is 0 Å². The van der Waals surface area contributed by atoms with Crippen molar-refractivity contribution in [2.75, 3.05) is 40.0 Å². The van der Waals surface area contributed by atoms with Gasteiger partial charge in [-0.05, 0) is 37.3 Å². The summed E-state index contributed by atoms with van der Waals surface area (Å²) in [6.45, 7) is 5.07. The fourth-order valence-corrected chi connectivity index (χ4v) is 5.38. The van der Waals surface area contributed by atoms with Gasteiger partial charge in [0.2, 0.25) is 10.0 Å². The third-order valence-corrected chi connectivity index (χ3v) is 7.12. The van der Waals surface area contributed by atoms with Gasteiger partial charge in [-0.25, -0.2) is 8.42 Å². The molecule has 0 bridgehead atoms. The van der Waals surface area contributed by atoms with Crippen molar-refractivity contribution in [2.45, 2.75) is 24.7 Å². The molecule has 0 aliphatic carbocycles. The summed E-state index contributed by atoms with van der Waals surface area (Å²) in [6, 6.07) is 7.09. The molecule has 2 aliphatic heterocycles. The first-order chi connectivity index (χ1) is 11.0. The maximum Gasteiger partial charge on any atom is 0.243 e. The minimum absolute atomic E-state index is 0.00791. The van der Waals surface area contributed by atoms with Gasteiger partial charge in [0, 0.05) is 39.3 Å². The van der Waals surface area contributed by atoms with E-state index in [1.807, 2.05) is 19.1 Å². The Labute approximate surface area is 138 Å². The molecule has 2 aliphatic rings. The largest absolute Gasteiger partial charge is 0.384 e. The summed E-state index contributed by atoms with van der Waals surface area (Å²) in [7, 11) is -1.76. The highest BCUT2D eigenvalue weighted by Crippen LogP contribution is 2.45. The number of rotatable bonds is 4. The van der Waals surface area contributed by atoms with Crippen molar-refractivity contribution in [3.8, 4) is 0 Å². The molecule has 5 nitrogen and oxygen atoms in total. The van der Waals surface area contributed by atoms with Crippen LogP contribution in [0.4, 0.5) is 0 Å². The Bertz CT molecular complexity index is 635. The van der Waals surface area contributed by atoms with Gasteiger partial charge in [0.1, 0.15) is 0 Å². The standard InChI is InChI=1S/C17H25NO4S/c1-14-3-5-16(6-4-14)23(19,20)18-11-15(12-21-2)17(13-18)7-9-22-10-8-17/h3-6,15H,7-13H2,1-2H3/t15-/m1/s1. The second kappa shape index (κ2) is 6.51. The Morgan fingerprint density at radius 3 is 2.52 bits per heavy atom. The summed E-state index contributed by atoms with van der Waals surface area (Å²) in [4.78, 5) is 0.378. The predicted molar refractivity (Wildman–Crippen MR) is 87.8 cm³/mol. The number of nitrogens with zero attached hydrogens (tertiary/aromatic N) is 1. The predicted octanol–water partition coefficient (Wildman–Crippen LogP) is 2.06. The van der Waals surface area contributed by atoms with Gasteiger partial charge < -0.3 is 9.47 Å². The molecule has 2 fully saturated rings. The number of sulfonamides is 1. The molecule has 0 amide bonds.